The second kappa shape index (κ2) is 8.04. The number of hydrogen-bond acceptors (Lipinski definition) is 6. The highest BCUT2D eigenvalue weighted by Crippen LogP contribution is 2.19. The Morgan fingerprint density at radius 2 is 1.67 bits per heavy atom. The minimum atomic E-state index is -1.17. The second-order valence-corrected chi connectivity index (χ2v) is 5.00. The molecule has 0 saturated carbocycles. The van der Waals surface area contributed by atoms with Crippen molar-refractivity contribution in [2.24, 2.45) is 5.73 Å². The van der Waals surface area contributed by atoms with E-state index < -0.39 is 24.4 Å². The van der Waals surface area contributed by atoms with Gasteiger partial charge in [0.05, 0.1) is 18.8 Å². The van der Waals surface area contributed by atoms with Gasteiger partial charge >= 0.3 is 0 Å². The molecule has 6 nitrogen and oxygen atoms in total. The summed E-state index contributed by atoms with van der Waals surface area (Å²) < 4.78 is 0. The van der Waals surface area contributed by atoms with Crippen LogP contribution in [0.4, 0.5) is 0 Å². The third-order valence-electron chi connectivity index (χ3n) is 3.62. The van der Waals surface area contributed by atoms with Crippen LogP contribution in [-0.4, -0.2) is 75.9 Å². The van der Waals surface area contributed by atoms with Gasteiger partial charge in [-0.3, -0.25) is 4.90 Å². The number of aliphatic hydroxyl groups is 4. The van der Waals surface area contributed by atoms with Gasteiger partial charge in [-0.05, 0) is 25.9 Å². The van der Waals surface area contributed by atoms with Gasteiger partial charge in [0.15, 0.2) is 0 Å². The molecule has 1 heterocycles. The molecular formula is C12H26N2O4. The Kier molecular flexibility index (Phi) is 7.06. The van der Waals surface area contributed by atoms with Crippen molar-refractivity contribution in [2.45, 2.75) is 50.0 Å². The lowest BCUT2D eigenvalue weighted by molar-refractivity contribution is -0.145. The van der Waals surface area contributed by atoms with E-state index in [1.165, 1.54) is 0 Å². The molecule has 1 fully saturated rings. The summed E-state index contributed by atoms with van der Waals surface area (Å²) in [5.74, 6) is 0. The summed E-state index contributed by atoms with van der Waals surface area (Å²) >= 11 is 0. The number of rotatable bonds is 7. The maximum Gasteiger partial charge on any atom is 0.109 e. The Balaban J connectivity index is 2.37. The summed E-state index contributed by atoms with van der Waals surface area (Å²) in [5, 5.41) is 38.2. The number of hydrogen-bond donors (Lipinski definition) is 5. The van der Waals surface area contributed by atoms with Crippen LogP contribution in [0.1, 0.15) is 25.7 Å². The number of unbranched alkanes of at least 4 members (excludes halogenated alkanes) is 3. The Morgan fingerprint density at radius 1 is 1.00 bits per heavy atom. The van der Waals surface area contributed by atoms with Crippen LogP contribution in [-0.2, 0) is 0 Å². The van der Waals surface area contributed by atoms with E-state index in [2.05, 4.69) is 0 Å². The molecule has 0 bridgehead atoms. The molecule has 1 aliphatic heterocycles. The number of nitrogens with zero attached hydrogens (tertiary/aromatic N) is 1. The Labute approximate surface area is 108 Å². The average Bonchev–Trinajstić information content (AvgIpc) is 2.36. The van der Waals surface area contributed by atoms with E-state index in [4.69, 9.17) is 5.73 Å². The molecule has 0 radical (unpaired) electrons. The summed E-state index contributed by atoms with van der Waals surface area (Å²) in [6.45, 7) is 1.48. The SMILES string of the molecule is NCCCCCCN1C[C@H](O)[C@@H](O)[C@H](O)[C@H]1CO. The fourth-order valence-electron chi connectivity index (χ4n) is 2.45. The van der Waals surface area contributed by atoms with Crippen LogP contribution in [0, 0.1) is 0 Å². The Hall–Kier alpha value is -0.240. The molecule has 6 N–H and O–H groups in total. The maximum absolute atomic E-state index is 9.79. The summed E-state index contributed by atoms with van der Waals surface area (Å²) in [7, 11) is 0. The van der Waals surface area contributed by atoms with Crippen LogP contribution in [0.3, 0.4) is 0 Å². The average molecular weight is 262 g/mol. The number of likely N-dealkylation sites (tertiary alicyclic amines) is 1. The van der Waals surface area contributed by atoms with E-state index >= 15 is 0 Å². The van der Waals surface area contributed by atoms with Gasteiger partial charge in [0, 0.05) is 6.54 Å². The van der Waals surface area contributed by atoms with Crippen LogP contribution in [0.25, 0.3) is 0 Å². The molecule has 0 unspecified atom stereocenters. The number of nitrogens with two attached hydrogens (primary N) is 1. The molecule has 4 atom stereocenters. The molecule has 1 aliphatic rings. The first-order valence-electron chi connectivity index (χ1n) is 6.71. The fraction of sp³-hybridized carbons (Fsp3) is 1.00. The van der Waals surface area contributed by atoms with Crippen molar-refractivity contribution in [2.75, 3.05) is 26.2 Å². The molecular weight excluding hydrogens is 236 g/mol. The smallest absolute Gasteiger partial charge is 0.109 e. The minimum Gasteiger partial charge on any atom is -0.395 e. The second-order valence-electron chi connectivity index (χ2n) is 5.00. The number of piperidine rings is 1. The number of β-amino-alcohol motifs (C(OH)–C–C–N with tert-alkyl or cyclic N) is 1. The molecule has 1 saturated heterocycles. The van der Waals surface area contributed by atoms with Crippen molar-refractivity contribution < 1.29 is 20.4 Å². The van der Waals surface area contributed by atoms with Crippen LogP contribution in [0.2, 0.25) is 0 Å². The van der Waals surface area contributed by atoms with Gasteiger partial charge in [0.25, 0.3) is 0 Å². The molecule has 18 heavy (non-hydrogen) atoms. The predicted octanol–water partition coefficient (Wildman–Crippen LogP) is -1.74. The molecule has 0 aromatic rings. The quantitative estimate of drug-likeness (QED) is 0.349. The Bertz CT molecular complexity index is 230. The highest BCUT2D eigenvalue weighted by Gasteiger charge is 2.40. The zero-order valence-electron chi connectivity index (χ0n) is 10.8. The first-order valence-corrected chi connectivity index (χ1v) is 6.71. The van der Waals surface area contributed by atoms with Gasteiger partial charge < -0.3 is 26.2 Å². The standard InChI is InChI=1S/C12H26N2O4/c13-5-3-1-2-4-6-14-7-10(16)12(18)11(17)9(14)8-15/h9-12,15-18H,1-8,13H2/t9-,10+,11-,12-/m1/s1. The van der Waals surface area contributed by atoms with Gasteiger partial charge in [0.1, 0.15) is 12.2 Å². The normalized spacial score (nSPS) is 33.8. The third kappa shape index (κ3) is 4.15. The molecule has 0 aromatic carbocycles. The lowest BCUT2D eigenvalue weighted by Crippen LogP contribution is -2.62. The van der Waals surface area contributed by atoms with Crippen molar-refractivity contribution in [3.63, 3.8) is 0 Å². The van der Waals surface area contributed by atoms with Crippen LogP contribution < -0.4 is 5.73 Å². The number of aliphatic hydroxyl groups excluding tert-OH is 4. The highest BCUT2D eigenvalue weighted by molar-refractivity contribution is 4.93. The van der Waals surface area contributed by atoms with Crippen molar-refractivity contribution >= 4 is 0 Å². The monoisotopic (exact) mass is 262 g/mol. The largest absolute Gasteiger partial charge is 0.395 e. The van der Waals surface area contributed by atoms with Crippen LogP contribution in [0.5, 0.6) is 0 Å². The summed E-state index contributed by atoms with van der Waals surface area (Å²) in [5.41, 5.74) is 5.41. The van der Waals surface area contributed by atoms with E-state index in [0.29, 0.717) is 19.6 Å². The zero-order valence-corrected chi connectivity index (χ0v) is 10.8. The molecule has 0 aromatic heterocycles. The van der Waals surface area contributed by atoms with E-state index in [-0.39, 0.29) is 6.61 Å². The van der Waals surface area contributed by atoms with Gasteiger partial charge in [0.2, 0.25) is 0 Å². The molecule has 108 valence electrons. The van der Waals surface area contributed by atoms with E-state index in [1.54, 1.807) is 0 Å². The van der Waals surface area contributed by atoms with Crippen LogP contribution in [0.15, 0.2) is 0 Å². The lowest BCUT2D eigenvalue weighted by atomic mass is 9.94. The molecule has 0 aliphatic carbocycles. The topological polar surface area (TPSA) is 110 Å². The lowest BCUT2D eigenvalue weighted by Gasteiger charge is -2.43. The minimum absolute atomic E-state index is 0.215. The molecule has 0 amide bonds. The van der Waals surface area contributed by atoms with Crippen molar-refractivity contribution in [1.29, 1.82) is 0 Å². The van der Waals surface area contributed by atoms with Gasteiger partial charge in [-0.1, -0.05) is 12.8 Å². The van der Waals surface area contributed by atoms with Gasteiger partial charge in [-0.15, -0.1) is 0 Å². The summed E-state index contributed by atoms with van der Waals surface area (Å²) in [6.07, 6.45) is 0.840. The van der Waals surface area contributed by atoms with Crippen molar-refractivity contribution in [1.82, 2.24) is 4.90 Å². The highest BCUT2D eigenvalue weighted by atomic mass is 16.4. The summed E-state index contributed by atoms with van der Waals surface area (Å²) in [4.78, 5) is 1.85. The summed E-state index contributed by atoms with van der Waals surface area (Å²) in [6, 6.07) is -0.488. The molecule has 0 spiro atoms. The van der Waals surface area contributed by atoms with Gasteiger partial charge in [-0.2, -0.15) is 0 Å². The van der Waals surface area contributed by atoms with E-state index in [0.717, 1.165) is 25.7 Å². The van der Waals surface area contributed by atoms with Crippen LogP contribution >= 0.6 is 0 Å². The first-order chi connectivity index (χ1) is 8.61. The predicted molar refractivity (Wildman–Crippen MR) is 68.0 cm³/mol. The van der Waals surface area contributed by atoms with Crippen molar-refractivity contribution in [3.8, 4) is 0 Å². The van der Waals surface area contributed by atoms with Gasteiger partial charge in [-0.25, -0.2) is 0 Å². The fourth-order valence-corrected chi connectivity index (χ4v) is 2.45. The third-order valence-corrected chi connectivity index (χ3v) is 3.62. The van der Waals surface area contributed by atoms with Crippen molar-refractivity contribution in [3.05, 3.63) is 0 Å². The zero-order chi connectivity index (χ0) is 13.5. The maximum atomic E-state index is 9.79. The Morgan fingerprint density at radius 3 is 2.28 bits per heavy atom. The van der Waals surface area contributed by atoms with E-state index in [9.17, 15) is 20.4 Å². The van der Waals surface area contributed by atoms with E-state index in [1.807, 2.05) is 4.90 Å². The molecule has 6 heteroatoms. The first kappa shape index (κ1) is 15.8. The molecule has 1 rings (SSSR count).